The molecule has 1 heterocycles. The van der Waals surface area contributed by atoms with Gasteiger partial charge in [-0.1, -0.05) is 90.5 Å². The van der Waals surface area contributed by atoms with E-state index in [1.54, 1.807) is 0 Å². The van der Waals surface area contributed by atoms with Gasteiger partial charge in [0.25, 0.3) is 0 Å². The van der Waals surface area contributed by atoms with Crippen molar-refractivity contribution in [1.82, 2.24) is 10.2 Å². The number of rotatable bonds is 7. The summed E-state index contributed by atoms with van der Waals surface area (Å²) in [6, 6.07) is 28.1. The normalized spacial score (nSPS) is 16.9. The Balaban J connectivity index is 1.43. The van der Waals surface area contributed by atoms with Crippen LogP contribution in [-0.4, -0.2) is 29.8 Å². The van der Waals surface area contributed by atoms with Crippen molar-refractivity contribution in [3.63, 3.8) is 0 Å². The standard InChI is InChI=1S/C27H28N2O2/c1-20-12-14-23(15-13-20)26(22-10-6-3-7-11-22)28-27(31)24-18-25(30)29(19-24)17-16-21-8-4-2-5-9-21/h2-15,24,26H,16-19H2,1H3,(H,28,31). The van der Waals surface area contributed by atoms with Gasteiger partial charge in [-0.15, -0.1) is 0 Å². The molecule has 4 heteroatoms. The van der Waals surface area contributed by atoms with E-state index in [2.05, 4.69) is 41.7 Å². The van der Waals surface area contributed by atoms with E-state index in [1.165, 1.54) is 11.1 Å². The van der Waals surface area contributed by atoms with E-state index in [4.69, 9.17) is 0 Å². The Bertz CT molecular complexity index is 1020. The molecule has 4 rings (SSSR count). The maximum Gasteiger partial charge on any atom is 0.226 e. The lowest BCUT2D eigenvalue weighted by Gasteiger charge is -2.22. The molecule has 1 aliphatic heterocycles. The molecular weight excluding hydrogens is 384 g/mol. The van der Waals surface area contributed by atoms with Crippen LogP contribution in [0.4, 0.5) is 0 Å². The van der Waals surface area contributed by atoms with E-state index in [0.29, 0.717) is 13.1 Å². The summed E-state index contributed by atoms with van der Waals surface area (Å²) in [6.07, 6.45) is 1.08. The van der Waals surface area contributed by atoms with Gasteiger partial charge in [0.15, 0.2) is 0 Å². The number of hydrogen-bond acceptors (Lipinski definition) is 2. The Hall–Kier alpha value is -3.40. The summed E-state index contributed by atoms with van der Waals surface area (Å²) in [4.78, 5) is 27.5. The quantitative estimate of drug-likeness (QED) is 0.629. The average Bonchev–Trinajstić information content (AvgIpc) is 3.18. The number of hydrogen-bond donors (Lipinski definition) is 1. The van der Waals surface area contributed by atoms with E-state index in [1.807, 2.05) is 60.4 Å². The molecule has 0 bridgehead atoms. The zero-order valence-electron chi connectivity index (χ0n) is 17.8. The first kappa shape index (κ1) is 20.9. The topological polar surface area (TPSA) is 49.4 Å². The van der Waals surface area contributed by atoms with Crippen LogP contribution in [-0.2, 0) is 16.0 Å². The van der Waals surface area contributed by atoms with Crippen molar-refractivity contribution in [1.29, 1.82) is 0 Å². The fourth-order valence-electron chi connectivity index (χ4n) is 4.10. The molecule has 2 amide bonds. The highest BCUT2D eigenvalue weighted by atomic mass is 16.2. The Morgan fingerprint density at radius 1 is 0.935 bits per heavy atom. The molecule has 4 nitrogen and oxygen atoms in total. The first-order valence-electron chi connectivity index (χ1n) is 10.8. The van der Waals surface area contributed by atoms with Crippen LogP contribution in [0.15, 0.2) is 84.9 Å². The lowest BCUT2D eigenvalue weighted by Crippen LogP contribution is -2.36. The predicted octanol–water partition coefficient (Wildman–Crippen LogP) is 4.29. The van der Waals surface area contributed by atoms with Gasteiger partial charge in [0.05, 0.1) is 12.0 Å². The van der Waals surface area contributed by atoms with Crippen molar-refractivity contribution in [2.24, 2.45) is 5.92 Å². The summed E-state index contributed by atoms with van der Waals surface area (Å²) in [5, 5.41) is 3.21. The van der Waals surface area contributed by atoms with Gasteiger partial charge in [-0.3, -0.25) is 9.59 Å². The third-order valence-electron chi connectivity index (χ3n) is 5.93. The highest BCUT2D eigenvalue weighted by Gasteiger charge is 2.35. The van der Waals surface area contributed by atoms with Crippen LogP contribution in [0.2, 0.25) is 0 Å². The second kappa shape index (κ2) is 9.61. The van der Waals surface area contributed by atoms with Crippen LogP contribution in [0, 0.1) is 12.8 Å². The molecule has 1 aliphatic rings. The number of nitrogens with zero attached hydrogens (tertiary/aromatic N) is 1. The highest BCUT2D eigenvalue weighted by Crippen LogP contribution is 2.25. The summed E-state index contributed by atoms with van der Waals surface area (Å²) >= 11 is 0. The SMILES string of the molecule is Cc1ccc(C(NC(=O)C2CC(=O)N(CCc3ccccc3)C2)c2ccccc2)cc1. The Morgan fingerprint density at radius 3 is 2.23 bits per heavy atom. The fraction of sp³-hybridized carbons (Fsp3) is 0.259. The van der Waals surface area contributed by atoms with Gasteiger partial charge in [-0.2, -0.15) is 0 Å². The molecule has 31 heavy (non-hydrogen) atoms. The average molecular weight is 413 g/mol. The summed E-state index contributed by atoms with van der Waals surface area (Å²) in [7, 11) is 0. The molecule has 2 unspecified atom stereocenters. The second-order valence-electron chi connectivity index (χ2n) is 8.24. The largest absolute Gasteiger partial charge is 0.345 e. The number of likely N-dealkylation sites (tertiary alicyclic amines) is 1. The smallest absolute Gasteiger partial charge is 0.226 e. The van der Waals surface area contributed by atoms with Crippen molar-refractivity contribution < 1.29 is 9.59 Å². The van der Waals surface area contributed by atoms with Crippen LogP contribution in [0.1, 0.15) is 34.7 Å². The Labute approximate surface area is 183 Å². The number of benzene rings is 3. The van der Waals surface area contributed by atoms with E-state index < -0.39 is 0 Å². The summed E-state index contributed by atoms with van der Waals surface area (Å²) in [5.74, 6) is -0.326. The van der Waals surface area contributed by atoms with Crippen LogP contribution < -0.4 is 5.32 Å². The Kier molecular flexibility index (Phi) is 6.46. The van der Waals surface area contributed by atoms with Crippen molar-refractivity contribution in [2.45, 2.75) is 25.8 Å². The summed E-state index contributed by atoms with van der Waals surface area (Å²) in [5.41, 5.74) is 4.45. The van der Waals surface area contributed by atoms with E-state index in [-0.39, 0.29) is 30.2 Å². The minimum Gasteiger partial charge on any atom is -0.345 e. The highest BCUT2D eigenvalue weighted by molar-refractivity contribution is 5.89. The van der Waals surface area contributed by atoms with Crippen molar-refractivity contribution in [3.8, 4) is 0 Å². The van der Waals surface area contributed by atoms with Crippen LogP contribution >= 0.6 is 0 Å². The minimum atomic E-state index is -0.320. The molecule has 158 valence electrons. The number of nitrogens with one attached hydrogen (secondary N) is 1. The molecule has 0 aromatic heterocycles. The van der Waals surface area contributed by atoms with Crippen LogP contribution in [0.25, 0.3) is 0 Å². The van der Waals surface area contributed by atoms with Gasteiger partial charge < -0.3 is 10.2 Å². The van der Waals surface area contributed by atoms with E-state index in [0.717, 1.165) is 17.5 Å². The molecule has 0 aliphatic carbocycles. The minimum absolute atomic E-state index is 0.0580. The number of amides is 2. The third kappa shape index (κ3) is 5.21. The van der Waals surface area contributed by atoms with Crippen LogP contribution in [0.3, 0.4) is 0 Å². The molecule has 1 fully saturated rings. The molecule has 2 atom stereocenters. The van der Waals surface area contributed by atoms with E-state index >= 15 is 0 Å². The number of carbonyl (C=O) groups is 2. The van der Waals surface area contributed by atoms with Crippen molar-refractivity contribution >= 4 is 11.8 Å². The van der Waals surface area contributed by atoms with Crippen molar-refractivity contribution in [2.75, 3.05) is 13.1 Å². The maximum atomic E-state index is 13.1. The molecule has 0 spiro atoms. The van der Waals surface area contributed by atoms with Crippen molar-refractivity contribution in [3.05, 3.63) is 107 Å². The molecular formula is C27H28N2O2. The molecule has 1 saturated heterocycles. The van der Waals surface area contributed by atoms with Gasteiger partial charge >= 0.3 is 0 Å². The first-order valence-corrected chi connectivity index (χ1v) is 10.8. The van der Waals surface area contributed by atoms with Gasteiger partial charge in [0.2, 0.25) is 11.8 Å². The molecule has 0 radical (unpaired) electrons. The Morgan fingerprint density at radius 2 is 1.55 bits per heavy atom. The number of carbonyl (C=O) groups excluding carboxylic acids is 2. The lowest BCUT2D eigenvalue weighted by atomic mass is 9.96. The fourth-order valence-corrected chi connectivity index (χ4v) is 4.10. The predicted molar refractivity (Wildman–Crippen MR) is 122 cm³/mol. The van der Waals surface area contributed by atoms with E-state index in [9.17, 15) is 9.59 Å². The van der Waals surface area contributed by atoms with Gasteiger partial charge in [-0.25, -0.2) is 0 Å². The monoisotopic (exact) mass is 412 g/mol. The lowest BCUT2D eigenvalue weighted by molar-refractivity contribution is -0.129. The zero-order chi connectivity index (χ0) is 21.6. The van der Waals surface area contributed by atoms with Crippen LogP contribution in [0.5, 0.6) is 0 Å². The first-order chi connectivity index (χ1) is 15.1. The van der Waals surface area contributed by atoms with Gasteiger partial charge in [0.1, 0.15) is 0 Å². The summed E-state index contributed by atoms with van der Waals surface area (Å²) in [6.45, 7) is 3.17. The third-order valence-corrected chi connectivity index (χ3v) is 5.93. The molecule has 1 N–H and O–H groups in total. The van der Waals surface area contributed by atoms with Gasteiger partial charge in [-0.05, 0) is 30.0 Å². The second-order valence-corrected chi connectivity index (χ2v) is 8.24. The summed E-state index contributed by atoms with van der Waals surface area (Å²) < 4.78 is 0. The zero-order valence-corrected chi connectivity index (χ0v) is 17.8. The molecule has 3 aromatic rings. The number of aryl methyl sites for hydroxylation is 1. The molecule has 0 saturated carbocycles. The van der Waals surface area contributed by atoms with Gasteiger partial charge in [0, 0.05) is 19.5 Å². The maximum absolute atomic E-state index is 13.1. The molecule has 3 aromatic carbocycles.